The minimum atomic E-state index is -0.463. The van der Waals surface area contributed by atoms with Crippen LogP contribution in [0.2, 0.25) is 0 Å². The molecular weight excluding hydrogens is 336 g/mol. The maximum absolute atomic E-state index is 10.9. The third-order valence-electron chi connectivity index (χ3n) is 3.59. The molecular formula is C19H18N2O5. The summed E-state index contributed by atoms with van der Waals surface area (Å²) in [6.45, 7) is 3.88. The molecule has 1 heterocycles. The highest BCUT2D eigenvalue weighted by atomic mass is 16.6. The van der Waals surface area contributed by atoms with Gasteiger partial charge >= 0.3 is 0 Å². The summed E-state index contributed by atoms with van der Waals surface area (Å²) >= 11 is 0. The fraction of sp³-hybridized carbons (Fsp3) is 0.211. The SMILES string of the molecule is COc1cccc(/C=C/c2nc3cc([N+](=O)[O-])ccc3o2)c1OC(C)C. The molecule has 1 aromatic heterocycles. The van der Waals surface area contributed by atoms with E-state index in [1.807, 2.05) is 32.0 Å². The van der Waals surface area contributed by atoms with Crippen molar-refractivity contribution >= 4 is 28.9 Å². The van der Waals surface area contributed by atoms with Crippen LogP contribution in [0.4, 0.5) is 5.69 Å². The number of fused-ring (bicyclic) bond motifs is 1. The molecule has 0 saturated carbocycles. The Morgan fingerprint density at radius 2 is 2.04 bits per heavy atom. The molecule has 0 N–H and O–H groups in total. The summed E-state index contributed by atoms with van der Waals surface area (Å²) in [5.41, 5.74) is 1.70. The summed E-state index contributed by atoms with van der Waals surface area (Å²) in [5, 5.41) is 10.9. The smallest absolute Gasteiger partial charge is 0.271 e. The number of aromatic nitrogens is 1. The summed E-state index contributed by atoms with van der Waals surface area (Å²) in [6, 6.07) is 9.89. The number of nitrogens with zero attached hydrogens (tertiary/aromatic N) is 2. The third-order valence-corrected chi connectivity index (χ3v) is 3.59. The van der Waals surface area contributed by atoms with Crippen molar-refractivity contribution in [1.29, 1.82) is 0 Å². The number of benzene rings is 2. The second-order valence-corrected chi connectivity index (χ2v) is 5.84. The molecule has 2 aromatic carbocycles. The molecule has 7 nitrogen and oxygen atoms in total. The van der Waals surface area contributed by atoms with E-state index >= 15 is 0 Å². The Kier molecular flexibility index (Phi) is 4.88. The van der Waals surface area contributed by atoms with Gasteiger partial charge in [-0.2, -0.15) is 0 Å². The van der Waals surface area contributed by atoms with Crippen molar-refractivity contribution in [3.8, 4) is 11.5 Å². The Labute approximate surface area is 150 Å². The fourth-order valence-electron chi connectivity index (χ4n) is 2.47. The molecule has 0 radical (unpaired) electrons. The number of nitro groups is 1. The van der Waals surface area contributed by atoms with Crippen LogP contribution in [-0.4, -0.2) is 23.1 Å². The molecule has 0 unspecified atom stereocenters. The van der Waals surface area contributed by atoms with E-state index in [0.717, 1.165) is 5.56 Å². The summed E-state index contributed by atoms with van der Waals surface area (Å²) in [5.74, 6) is 1.61. The fourth-order valence-corrected chi connectivity index (χ4v) is 2.47. The quantitative estimate of drug-likeness (QED) is 0.471. The van der Waals surface area contributed by atoms with Crippen LogP contribution in [0.5, 0.6) is 11.5 Å². The zero-order chi connectivity index (χ0) is 18.7. The largest absolute Gasteiger partial charge is 0.493 e. The zero-order valence-electron chi connectivity index (χ0n) is 14.6. The van der Waals surface area contributed by atoms with Gasteiger partial charge in [-0.15, -0.1) is 0 Å². The van der Waals surface area contributed by atoms with E-state index in [-0.39, 0.29) is 11.8 Å². The van der Waals surface area contributed by atoms with E-state index in [1.165, 1.54) is 18.2 Å². The maximum atomic E-state index is 10.9. The van der Waals surface area contributed by atoms with Gasteiger partial charge < -0.3 is 13.9 Å². The highest BCUT2D eigenvalue weighted by molar-refractivity contribution is 5.79. The molecule has 0 aliphatic rings. The average molecular weight is 354 g/mol. The van der Waals surface area contributed by atoms with Gasteiger partial charge in [-0.05, 0) is 32.1 Å². The Morgan fingerprint density at radius 3 is 2.73 bits per heavy atom. The van der Waals surface area contributed by atoms with Gasteiger partial charge in [0.2, 0.25) is 5.89 Å². The molecule has 7 heteroatoms. The molecule has 3 rings (SSSR count). The predicted octanol–water partition coefficient (Wildman–Crippen LogP) is 4.70. The highest BCUT2D eigenvalue weighted by Gasteiger charge is 2.12. The van der Waals surface area contributed by atoms with Crippen LogP contribution in [0, 0.1) is 10.1 Å². The normalized spacial score (nSPS) is 11.4. The number of para-hydroxylation sites is 1. The Bertz CT molecular complexity index is 975. The minimum Gasteiger partial charge on any atom is -0.493 e. The molecule has 0 spiro atoms. The number of methoxy groups -OCH3 is 1. The lowest BCUT2D eigenvalue weighted by Gasteiger charge is -2.15. The Morgan fingerprint density at radius 1 is 1.23 bits per heavy atom. The van der Waals surface area contributed by atoms with Crippen molar-refractivity contribution in [2.24, 2.45) is 0 Å². The van der Waals surface area contributed by atoms with Gasteiger partial charge in [-0.1, -0.05) is 12.1 Å². The minimum absolute atomic E-state index is 0.0108. The first-order chi connectivity index (χ1) is 12.5. The summed E-state index contributed by atoms with van der Waals surface area (Å²) in [4.78, 5) is 14.7. The van der Waals surface area contributed by atoms with Crippen molar-refractivity contribution in [2.75, 3.05) is 7.11 Å². The molecule has 0 aliphatic heterocycles. The second kappa shape index (κ2) is 7.26. The standard InChI is InChI=1S/C19H18N2O5/c1-12(2)25-19-13(5-4-6-17(19)24-3)7-10-18-20-15-11-14(21(22)23)8-9-16(15)26-18/h4-12H,1-3H3/b10-7+. The van der Waals surface area contributed by atoms with Crippen LogP contribution in [0.25, 0.3) is 23.3 Å². The number of rotatable bonds is 6. The summed E-state index contributed by atoms with van der Waals surface area (Å²) in [6.07, 6.45) is 3.48. The highest BCUT2D eigenvalue weighted by Crippen LogP contribution is 2.33. The molecule has 0 saturated heterocycles. The molecule has 0 fully saturated rings. The zero-order valence-corrected chi connectivity index (χ0v) is 14.6. The summed E-state index contributed by atoms with van der Waals surface area (Å²) in [7, 11) is 1.59. The average Bonchev–Trinajstić information content (AvgIpc) is 3.02. The van der Waals surface area contributed by atoms with Crippen LogP contribution < -0.4 is 9.47 Å². The number of non-ortho nitro benzene ring substituents is 1. The lowest BCUT2D eigenvalue weighted by Crippen LogP contribution is -2.07. The monoisotopic (exact) mass is 354 g/mol. The molecule has 26 heavy (non-hydrogen) atoms. The van der Waals surface area contributed by atoms with Crippen molar-refractivity contribution < 1.29 is 18.8 Å². The molecule has 3 aromatic rings. The van der Waals surface area contributed by atoms with Crippen LogP contribution >= 0.6 is 0 Å². The number of hydrogen-bond acceptors (Lipinski definition) is 6. The molecule has 0 bridgehead atoms. The Balaban J connectivity index is 1.94. The first-order valence-corrected chi connectivity index (χ1v) is 8.04. The van der Waals surface area contributed by atoms with E-state index < -0.39 is 4.92 Å². The van der Waals surface area contributed by atoms with E-state index in [2.05, 4.69) is 4.98 Å². The lowest BCUT2D eigenvalue weighted by atomic mass is 10.1. The number of hydrogen-bond donors (Lipinski definition) is 0. The van der Waals surface area contributed by atoms with Crippen molar-refractivity contribution in [3.63, 3.8) is 0 Å². The first-order valence-electron chi connectivity index (χ1n) is 8.04. The number of ether oxygens (including phenoxy) is 2. The van der Waals surface area contributed by atoms with Gasteiger partial charge in [0.25, 0.3) is 5.69 Å². The van der Waals surface area contributed by atoms with Gasteiger partial charge in [-0.3, -0.25) is 10.1 Å². The molecule has 0 aliphatic carbocycles. The number of nitro benzene ring substituents is 1. The second-order valence-electron chi connectivity index (χ2n) is 5.84. The van der Waals surface area contributed by atoms with Crippen molar-refractivity contribution in [2.45, 2.75) is 20.0 Å². The van der Waals surface area contributed by atoms with Gasteiger partial charge in [0.1, 0.15) is 5.52 Å². The lowest BCUT2D eigenvalue weighted by molar-refractivity contribution is -0.384. The van der Waals surface area contributed by atoms with Gasteiger partial charge in [-0.25, -0.2) is 4.98 Å². The number of oxazole rings is 1. The van der Waals surface area contributed by atoms with Crippen LogP contribution in [0.3, 0.4) is 0 Å². The van der Waals surface area contributed by atoms with E-state index in [0.29, 0.717) is 28.5 Å². The Hall–Kier alpha value is -3.35. The van der Waals surface area contributed by atoms with E-state index in [9.17, 15) is 10.1 Å². The third kappa shape index (κ3) is 3.66. The molecule has 0 atom stereocenters. The van der Waals surface area contributed by atoms with Gasteiger partial charge in [0.15, 0.2) is 17.1 Å². The van der Waals surface area contributed by atoms with Crippen molar-refractivity contribution in [3.05, 3.63) is 58.0 Å². The maximum Gasteiger partial charge on any atom is 0.271 e. The van der Waals surface area contributed by atoms with E-state index in [4.69, 9.17) is 13.9 Å². The predicted molar refractivity (Wildman–Crippen MR) is 98.3 cm³/mol. The van der Waals surface area contributed by atoms with E-state index in [1.54, 1.807) is 19.3 Å². The van der Waals surface area contributed by atoms with Gasteiger partial charge in [0, 0.05) is 23.8 Å². The molecule has 134 valence electrons. The first kappa shape index (κ1) is 17.5. The topological polar surface area (TPSA) is 87.6 Å². The molecule has 0 amide bonds. The van der Waals surface area contributed by atoms with Crippen LogP contribution in [0.1, 0.15) is 25.3 Å². The van der Waals surface area contributed by atoms with Crippen molar-refractivity contribution in [1.82, 2.24) is 4.98 Å². The van der Waals surface area contributed by atoms with Crippen LogP contribution in [-0.2, 0) is 0 Å². The van der Waals surface area contributed by atoms with Crippen LogP contribution in [0.15, 0.2) is 40.8 Å². The van der Waals surface area contributed by atoms with Gasteiger partial charge in [0.05, 0.1) is 18.1 Å². The summed E-state index contributed by atoms with van der Waals surface area (Å²) < 4.78 is 16.8.